The third-order valence-corrected chi connectivity index (χ3v) is 5.31. The number of hydrogen-bond donors (Lipinski definition) is 1. The number of nitrogens with one attached hydrogen (secondary N) is 1. The lowest BCUT2D eigenvalue weighted by atomic mass is 10.1. The van der Waals surface area contributed by atoms with E-state index >= 15 is 0 Å². The van der Waals surface area contributed by atoms with Crippen molar-refractivity contribution in [2.75, 3.05) is 0 Å². The van der Waals surface area contributed by atoms with Crippen molar-refractivity contribution in [3.05, 3.63) is 107 Å². The Kier molecular flexibility index (Phi) is 5.67. The zero-order valence-electron chi connectivity index (χ0n) is 17.8. The fourth-order valence-corrected chi connectivity index (χ4v) is 3.63. The molecule has 156 valence electrons. The normalized spacial score (nSPS) is 11.9. The molecule has 31 heavy (non-hydrogen) atoms. The molecular formula is C26H24FN3O. The highest BCUT2D eigenvalue weighted by atomic mass is 19.1. The molecule has 4 rings (SSSR count). The average Bonchev–Trinajstić information content (AvgIpc) is 3.20. The van der Waals surface area contributed by atoms with Crippen LogP contribution in [0, 0.1) is 19.7 Å². The summed E-state index contributed by atoms with van der Waals surface area (Å²) in [5, 5.41) is 7.77. The standard InChI is InChI=1S/C26H24FN3O/c1-17-9-14-24(18(2)15-17)30-25(16-23(29-30)21-10-12-22(27)13-11-21)26(31)28-19(3)20-7-5-4-6-8-20/h4-16,19H,1-3H3,(H,28,31). The van der Waals surface area contributed by atoms with Gasteiger partial charge in [-0.25, -0.2) is 9.07 Å². The molecule has 0 aliphatic heterocycles. The number of benzene rings is 3. The first-order valence-corrected chi connectivity index (χ1v) is 10.2. The van der Waals surface area contributed by atoms with Crippen molar-refractivity contribution in [1.82, 2.24) is 15.1 Å². The molecule has 0 aliphatic carbocycles. The monoisotopic (exact) mass is 413 g/mol. The molecule has 0 fully saturated rings. The molecule has 0 spiro atoms. The second-order valence-corrected chi connectivity index (χ2v) is 7.73. The molecule has 1 N–H and O–H groups in total. The maximum absolute atomic E-state index is 13.4. The molecule has 1 atom stereocenters. The number of aryl methyl sites for hydroxylation is 2. The second kappa shape index (κ2) is 8.56. The van der Waals surface area contributed by atoms with Crippen molar-refractivity contribution in [1.29, 1.82) is 0 Å². The van der Waals surface area contributed by atoms with E-state index in [1.165, 1.54) is 12.1 Å². The number of nitrogens with zero attached hydrogens (tertiary/aromatic N) is 2. The van der Waals surface area contributed by atoms with Gasteiger partial charge in [-0.1, -0.05) is 48.0 Å². The van der Waals surface area contributed by atoms with Crippen LogP contribution in [0.15, 0.2) is 78.9 Å². The Hall–Kier alpha value is -3.73. The van der Waals surface area contributed by atoms with Crippen LogP contribution in [-0.4, -0.2) is 15.7 Å². The van der Waals surface area contributed by atoms with Gasteiger partial charge in [0.15, 0.2) is 0 Å². The molecule has 4 nitrogen and oxygen atoms in total. The third kappa shape index (κ3) is 4.40. The van der Waals surface area contributed by atoms with E-state index in [0.717, 1.165) is 27.9 Å². The summed E-state index contributed by atoms with van der Waals surface area (Å²) in [6, 6.07) is 23.5. The van der Waals surface area contributed by atoms with Gasteiger partial charge in [-0.05, 0) is 68.3 Å². The summed E-state index contributed by atoms with van der Waals surface area (Å²) >= 11 is 0. The highest BCUT2D eigenvalue weighted by Crippen LogP contribution is 2.25. The number of rotatable bonds is 5. The highest BCUT2D eigenvalue weighted by molar-refractivity contribution is 5.94. The molecule has 1 amide bonds. The number of hydrogen-bond acceptors (Lipinski definition) is 2. The van der Waals surface area contributed by atoms with Crippen LogP contribution in [0.2, 0.25) is 0 Å². The van der Waals surface area contributed by atoms with Gasteiger partial charge in [-0.2, -0.15) is 5.10 Å². The van der Waals surface area contributed by atoms with Gasteiger partial charge in [0.05, 0.1) is 17.4 Å². The Bertz CT molecular complexity index is 1210. The van der Waals surface area contributed by atoms with Crippen molar-refractivity contribution >= 4 is 5.91 Å². The van der Waals surface area contributed by atoms with E-state index in [2.05, 4.69) is 11.4 Å². The molecule has 0 aliphatic rings. The third-order valence-electron chi connectivity index (χ3n) is 5.31. The quantitative estimate of drug-likeness (QED) is 0.450. The van der Waals surface area contributed by atoms with E-state index in [1.807, 2.05) is 63.2 Å². The number of carbonyl (C=O) groups excluding carboxylic acids is 1. The van der Waals surface area contributed by atoms with E-state index in [9.17, 15) is 9.18 Å². The average molecular weight is 413 g/mol. The van der Waals surface area contributed by atoms with Crippen LogP contribution in [0.4, 0.5) is 4.39 Å². The Balaban J connectivity index is 1.75. The van der Waals surface area contributed by atoms with Crippen molar-refractivity contribution < 1.29 is 9.18 Å². The molecule has 1 unspecified atom stereocenters. The van der Waals surface area contributed by atoms with Crippen LogP contribution in [0.5, 0.6) is 0 Å². The molecule has 0 saturated carbocycles. The van der Waals surface area contributed by atoms with Crippen LogP contribution < -0.4 is 5.32 Å². The summed E-state index contributed by atoms with van der Waals surface area (Å²) in [5.41, 5.74) is 5.78. The first-order chi connectivity index (χ1) is 14.9. The Morgan fingerprint density at radius 3 is 2.35 bits per heavy atom. The maximum atomic E-state index is 13.4. The smallest absolute Gasteiger partial charge is 0.270 e. The molecular weight excluding hydrogens is 389 g/mol. The second-order valence-electron chi connectivity index (χ2n) is 7.73. The molecule has 0 bridgehead atoms. The zero-order valence-corrected chi connectivity index (χ0v) is 17.8. The first kappa shape index (κ1) is 20.5. The Labute approximate surface area is 181 Å². The van der Waals surface area contributed by atoms with Gasteiger partial charge in [0, 0.05) is 5.56 Å². The number of carbonyl (C=O) groups is 1. The van der Waals surface area contributed by atoms with Gasteiger partial charge >= 0.3 is 0 Å². The summed E-state index contributed by atoms with van der Waals surface area (Å²) in [6.07, 6.45) is 0. The predicted molar refractivity (Wildman–Crippen MR) is 121 cm³/mol. The van der Waals surface area contributed by atoms with Gasteiger partial charge in [0.25, 0.3) is 5.91 Å². The van der Waals surface area contributed by atoms with Gasteiger partial charge < -0.3 is 5.32 Å². The molecule has 0 radical (unpaired) electrons. The molecule has 5 heteroatoms. The van der Waals surface area contributed by atoms with Crippen molar-refractivity contribution in [3.8, 4) is 16.9 Å². The summed E-state index contributed by atoms with van der Waals surface area (Å²) in [6.45, 7) is 5.97. The van der Waals surface area contributed by atoms with Gasteiger partial charge in [-0.3, -0.25) is 4.79 Å². The maximum Gasteiger partial charge on any atom is 0.270 e. The van der Waals surface area contributed by atoms with Crippen LogP contribution in [0.3, 0.4) is 0 Å². The fourth-order valence-electron chi connectivity index (χ4n) is 3.63. The van der Waals surface area contributed by atoms with Crippen LogP contribution in [0.1, 0.15) is 40.1 Å². The Morgan fingerprint density at radius 1 is 0.968 bits per heavy atom. The Morgan fingerprint density at radius 2 is 1.68 bits per heavy atom. The van der Waals surface area contributed by atoms with E-state index in [1.54, 1.807) is 22.9 Å². The minimum Gasteiger partial charge on any atom is -0.344 e. The fraction of sp³-hybridized carbons (Fsp3) is 0.154. The molecule has 0 saturated heterocycles. The topological polar surface area (TPSA) is 46.9 Å². The predicted octanol–water partition coefficient (Wildman–Crippen LogP) is 5.79. The number of aromatic nitrogens is 2. The lowest BCUT2D eigenvalue weighted by Gasteiger charge is -2.15. The summed E-state index contributed by atoms with van der Waals surface area (Å²) in [5.74, 6) is -0.538. The number of halogens is 1. The van der Waals surface area contributed by atoms with E-state index in [4.69, 9.17) is 5.10 Å². The van der Waals surface area contributed by atoms with E-state index in [-0.39, 0.29) is 17.8 Å². The minimum atomic E-state index is -0.313. The molecule has 1 aromatic heterocycles. The SMILES string of the molecule is Cc1ccc(-n2nc(-c3ccc(F)cc3)cc2C(=O)NC(C)c2ccccc2)c(C)c1. The van der Waals surface area contributed by atoms with Crippen LogP contribution in [-0.2, 0) is 0 Å². The van der Waals surface area contributed by atoms with Crippen LogP contribution >= 0.6 is 0 Å². The lowest BCUT2D eigenvalue weighted by molar-refractivity contribution is 0.0932. The highest BCUT2D eigenvalue weighted by Gasteiger charge is 2.20. The van der Waals surface area contributed by atoms with Crippen molar-refractivity contribution in [2.24, 2.45) is 0 Å². The number of amides is 1. The summed E-state index contributed by atoms with van der Waals surface area (Å²) in [7, 11) is 0. The summed E-state index contributed by atoms with van der Waals surface area (Å²) in [4.78, 5) is 13.3. The molecule has 1 heterocycles. The largest absolute Gasteiger partial charge is 0.344 e. The zero-order chi connectivity index (χ0) is 22.0. The molecule has 4 aromatic rings. The van der Waals surface area contributed by atoms with Crippen molar-refractivity contribution in [3.63, 3.8) is 0 Å². The van der Waals surface area contributed by atoms with E-state index < -0.39 is 0 Å². The van der Waals surface area contributed by atoms with Gasteiger partial charge in [0.2, 0.25) is 0 Å². The van der Waals surface area contributed by atoms with Crippen LogP contribution in [0.25, 0.3) is 16.9 Å². The molecule has 3 aromatic carbocycles. The van der Waals surface area contributed by atoms with Gasteiger partial charge in [0.1, 0.15) is 11.5 Å². The minimum absolute atomic E-state index is 0.162. The summed E-state index contributed by atoms with van der Waals surface area (Å²) < 4.78 is 15.1. The van der Waals surface area contributed by atoms with Gasteiger partial charge in [-0.15, -0.1) is 0 Å². The van der Waals surface area contributed by atoms with E-state index in [0.29, 0.717) is 11.4 Å². The first-order valence-electron chi connectivity index (χ1n) is 10.2. The van der Waals surface area contributed by atoms with Crippen molar-refractivity contribution in [2.45, 2.75) is 26.8 Å². The lowest BCUT2D eigenvalue weighted by Crippen LogP contribution is -2.28.